The van der Waals surface area contributed by atoms with Gasteiger partial charge in [-0.25, -0.2) is 0 Å². The Labute approximate surface area is 200 Å². The van der Waals surface area contributed by atoms with Crippen molar-refractivity contribution in [1.82, 2.24) is 10.2 Å². The first-order chi connectivity index (χ1) is 16.2. The van der Waals surface area contributed by atoms with Gasteiger partial charge >= 0.3 is 6.18 Å². The quantitative estimate of drug-likeness (QED) is 0.703. The van der Waals surface area contributed by atoms with E-state index in [4.69, 9.17) is 5.26 Å². The molecule has 1 aromatic heterocycles. The van der Waals surface area contributed by atoms with Crippen LogP contribution in [0.2, 0.25) is 0 Å². The lowest BCUT2D eigenvalue weighted by Gasteiger charge is -2.36. The zero-order valence-corrected chi connectivity index (χ0v) is 19.5. The van der Waals surface area contributed by atoms with Gasteiger partial charge in [0.1, 0.15) is 0 Å². The van der Waals surface area contributed by atoms with E-state index >= 15 is 0 Å². The van der Waals surface area contributed by atoms with Gasteiger partial charge in [0.05, 0.1) is 28.0 Å². The van der Waals surface area contributed by atoms with Crippen LogP contribution >= 0.6 is 11.3 Å². The van der Waals surface area contributed by atoms with Crippen LogP contribution in [0.15, 0.2) is 35.7 Å². The lowest BCUT2D eigenvalue weighted by Crippen LogP contribution is -2.42. The highest BCUT2D eigenvalue weighted by Gasteiger charge is 2.43. The summed E-state index contributed by atoms with van der Waals surface area (Å²) in [5, 5.41) is 13.6. The number of carbonyl (C=O) groups is 2. The first-order valence-corrected chi connectivity index (χ1v) is 12.0. The summed E-state index contributed by atoms with van der Waals surface area (Å²) >= 11 is 1.41. The van der Waals surface area contributed by atoms with Gasteiger partial charge in [-0.15, -0.1) is 11.3 Å². The molecular weight excluding hydrogens is 465 g/mol. The van der Waals surface area contributed by atoms with Crippen LogP contribution < -0.4 is 10.2 Å². The van der Waals surface area contributed by atoms with Gasteiger partial charge in [-0.1, -0.05) is 6.07 Å². The van der Waals surface area contributed by atoms with E-state index in [0.29, 0.717) is 36.7 Å². The van der Waals surface area contributed by atoms with Gasteiger partial charge < -0.3 is 15.1 Å². The Balaban J connectivity index is 1.51. The minimum absolute atomic E-state index is 0.0154. The first-order valence-electron chi connectivity index (χ1n) is 11.1. The summed E-state index contributed by atoms with van der Waals surface area (Å²) in [6.45, 7) is 1.94. The first kappa shape index (κ1) is 24.1. The molecule has 0 aliphatic carbocycles. The number of rotatable bonds is 4. The number of nitrogens with zero attached hydrogens (tertiary/aromatic N) is 3. The fraction of sp³-hybridized carbons (Fsp3) is 0.458. The molecule has 2 aliphatic heterocycles. The van der Waals surface area contributed by atoms with E-state index in [1.54, 1.807) is 13.1 Å². The molecule has 1 N–H and O–H groups in total. The number of halogens is 3. The molecule has 0 spiro atoms. The van der Waals surface area contributed by atoms with E-state index in [1.165, 1.54) is 23.5 Å². The number of thiophene rings is 1. The van der Waals surface area contributed by atoms with Crippen molar-refractivity contribution >= 4 is 28.8 Å². The predicted molar refractivity (Wildman–Crippen MR) is 122 cm³/mol. The van der Waals surface area contributed by atoms with Crippen molar-refractivity contribution in [2.75, 3.05) is 38.1 Å². The van der Waals surface area contributed by atoms with E-state index in [9.17, 15) is 22.8 Å². The molecule has 2 aromatic rings. The van der Waals surface area contributed by atoms with Crippen LogP contribution in [0.3, 0.4) is 0 Å². The molecule has 6 nitrogen and oxygen atoms in total. The Bertz CT molecular complexity index is 1090. The number of hydrogen-bond donors (Lipinski definition) is 1. The van der Waals surface area contributed by atoms with Gasteiger partial charge in [0.15, 0.2) is 0 Å². The van der Waals surface area contributed by atoms with Gasteiger partial charge in [0, 0.05) is 38.9 Å². The van der Waals surface area contributed by atoms with E-state index in [0.717, 1.165) is 18.9 Å². The maximum atomic E-state index is 13.5. The van der Waals surface area contributed by atoms with Crippen molar-refractivity contribution in [1.29, 1.82) is 5.26 Å². The molecule has 3 heterocycles. The van der Waals surface area contributed by atoms with E-state index in [2.05, 4.69) is 5.32 Å². The fourth-order valence-electron chi connectivity index (χ4n) is 5.13. The number of likely N-dealkylation sites (tertiary alicyclic amines) is 1. The topological polar surface area (TPSA) is 76.4 Å². The van der Waals surface area contributed by atoms with Crippen LogP contribution in [0, 0.1) is 29.1 Å². The van der Waals surface area contributed by atoms with Crippen molar-refractivity contribution in [2.24, 2.45) is 17.8 Å². The van der Waals surface area contributed by atoms with E-state index < -0.39 is 17.3 Å². The van der Waals surface area contributed by atoms with Gasteiger partial charge in [-0.05, 0) is 54.3 Å². The zero-order chi connectivity index (χ0) is 24.5. The number of alkyl halides is 3. The van der Waals surface area contributed by atoms with Crippen LogP contribution in [0.1, 0.15) is 33.6 Å². The third kappa shape index (κ3) is 4.75. The summed E-state index contributed by atoms with van der Waals surface area (Å²) in [5.74, 6) is -0.334. The van der Waals surface area contributed by atoms with Crippen molar-refractivity contribution < 1.29 is 22.8 Å². The van der Waals surface area contributed by atoms with E-state index in [1.807, 2.05) is 27.3 Å². The number of amides is 2. The minimum atomic E-state index is -4.64. The molecule has 2 saturated heterocycles. The second-order valence-electron chi connectivity index (χ2n) is 8.74. The molecule has 0 radical (unpaired) electrons. The average Bonchev–Trinajstić information content (AvgIpc) is 3.53. The van der Waals surface area contributed by atoms with Crippen molar-refractivity contribution in [3.05, 3.63) is 51.7 Å². The van der Waals surface area contributed by atoms with Crippen molar-refractivity contribution in [3.8, 4) is 6.07 Å². The summed E-state index contributed by atoms with van der Waals surface area (Å²) < 4.78 is 40.4. The molecule has 1 aromatic carbocycles. The van der Waals surface area contributed by atoms with Gasteiger partial charge in [-0.2, -0.15) is 18.4 Å². The highest BCUT2D eigenvalue weighted by atomic mass is 32.1. The summed E-state index contributed by atoms with van der Waals surface area (Å²) in [5.41, 5.74) is -1.03. The number of benzene rings is 1. The summed E-state index contributed by atoms with van der Waals surface area (Å²) in [6.07, 6.45) is -3.16. The summed E-state index contributed by atoms with van der Waals surface area (Å²) in [4.78, 5) is 29.7. The largest absolute Gasteiger partial charge is 0.417 e. The van der Waals surface area contributed by atoms with Crippen molar-refractivity contribution in [3.63, 3.8) is 0 Å². The number of nitrogens with one attached hydrogen (secondary N) is 1. The molecule has 0 bridgehead atoms. The number of anilines is 1. The maximum Gasteiger partial charge on any atom is 0.417 e. The molecule has 2 atom stereocenters. The van der Waals surface area contributed by atoms with Crippen LogP contribution in [-0.2, 0) is 11.0 Å². The van der Waals surface area contributed by atoms with Gasteiger partial charge in [0.25, 0.3) is 5.91 Å². The highest BCUT2D eigenvalue weighted by molar-refractivity contribution is 7.12. The average molecular weight is 491 g/mol. The Morgan fingerprint density at radius 3 is 2.50 bits per heavy atom. The number of hydrogen-bond acceptors (Lipinski definition) is 5. The van der Waals surface area contributed by atoms with Crippen LogP contribution in [0.4, 0.5) is 18.9 Å². The number of carbonyl (C=O) groups excluding carboxylic acids is 2. The Hall–Kier alpha value is -3.06. The predicted octanol–water partition coefficient (Wildman–Crippen LogP) is 3.99. The molecule has 0 saturated carbocycles. The minimum Gasteiger partial charge on any atom is -0.370 e. The molecule has 180 valence electrons. The number of nitriles is 1. The smallest absolute Gasteiger partial charge is 0.370 e. The molecule has 0 unspecified atom stereocenters. The normalized spacial score (nSPS) is 21.4. The molecule has 2 fully saturated rings. The number of piperidine rings is 1. The molecule has 2 aliphatic rings. The Morgan fingerprint density at radius 2 is 1.91 bits per heavy atom. The van der Waals surface area contributed by atoms with Gasteiger partial charge in [0.2, 0.25) is 5.91 Å². The van der Waals surface area contributed by atoms with Crippen molar-refractivity contribution in [2.45, 2.75) is 19.0 Å². The molecule has 10 heteroatoms. The zero-order valence-electron chi connectivity index (χ0n) is 18.6. The van der Waals surface area contributed by atoms with E-state index in [-0.39, 0.29) is 29.6 Å². The summed E-state index contributed by atoms with van der Waals surface area (Å²) in [7, 11) is 1.56. The van der Waals surface area contributed by atoms with Crippen LogP contribution in [-0.4, -0.2) is 49.9 Å². The third-order valence-corrected chi connectivity index (χ3v) is 7.76. The lowest BCUT2D eigenvalue weighted by atomic mass is 9.78. The third-order valence-electron chi connectivity index (χ3n) is 6.91. The lowest BCUT2D eigenvalue weighted by molar-refractivity contribution is -0.137. The Kier molecular flexibility index (Phi) is 6.84. The second-order valence-corrected chi connectivity index (χ2v) is 9.68. The Morgan fingerprint density at radius 1 is 1.18 bits per heavy atom. The standard InChI is InChI=1S/C24H25F3N4O2S/c1-29-22(32)19-14-31(17-5-4-16(12-28)20(11-17)24(25,26)27)13-18(19)15-6-8-30(9-7-15)23(33)21-3-2-10-34-21/h2-5,10-11,15,18-19H,6-9,13-14H2,1H3,(H,29,32)/t18-,19+/m0/s1. The van der Waals surface area contributed by atoms with Gasteiger partial charge in [-0.3, -0.25) is 9.59 Å². The maximum absolute atomic E-state index is 13.5. The highest BCUT2D eigenvalue weighted by Crippen LogP contribution is 2.40. The second kappa shape index (κ2) is 9.66. The van der Waals surface area contributed by atoms with Crippen LogP contribution in [0.25, 0.3) is 0 Å². The summed E-state index contributed by atoms with van der Waals surface area (Å²) in [6, 6.07) is 8.97. The molecule has 34 heavy (non-hydrogen) atoms. The fourth-order valence-corrected chi connectivity index (χ4v) is 5.82. The molecular formula is C24H25F3N4O2S. The SMILES string of the molecule is CNC(=O)[C@@H]1CN(c2ccc(C#N)c(C(F)(F)F)c2)C[C@H]1C1CCN(C(=O)c2cccs2)CC1. The molecule has 4 rings (SSSR count). The molecule has 2 amide bonds. The van der Waals surface area contributed by atoms with Crippen LogP contribution in [0.5, 0.6) is 0 Å². The monoisotopic (exact) mass is 490 g/mol.